The number of benzene rings is 1. The van der Waals surface area contributed by atoms with Crippen molar-refractivity contribution in [1.82, 2.24) is 0 Å². The number of hydrogen-bond acceptors (Lipinski definition) is 4. The van der Waals surface area contributed by atoms with Gasteiger partial charge in [-0.1, -0.05) is 11.6 Å². The van der Waals surface area contributed by atoms with Gasteiger partial charge in [0.2, 0.25) is 0 Å². The highest BCUT2D eigenvalue weighted by atomic mass is 35.5. The van der Waals surface area contributed by atoms with Crippen LogP contribution in [-0.2, 0) is 9.53 Å². The van der Waals surface area contributed by atoms with Crippen LogP contribution in [0.3, 0.4) is 0 Å². The minimum Gasteiger partial charge on any atom is -0.489 e. The molecular formula is C17H21ClO4. The standard InChI is InChI=1S/C17H21ClO4/c1-2-21-17(20)10-12-3-6-14(7-4-12)22-16-8-5-13(11-19)9-15(16)18/h5,8-9,11-12,14H,2-4,6-7,10H2,1H3. The second-order valence-corrected chi connectivity index (χ2v) is 5.98. The molecule has 1 aliphatic rings. The predicted octanol–water partition coefficient (Wildman–Crippen LogP) is 4.04. The number of ether oxygens (including phenoxy) is 2. The zero-order valence-electron chi connectivity index (χ0n) is 12.7. The predicted molar refractivity (Wildman–Crippen MR) is 84.5 cm³/mol. The van der Waals surface area contributed by atoms with Gasteiger partial charge in [-0.05, 0) is 56.7 Å². The minimum atomic E-state index is -0.112. The van der Waals surface area contributed by atoms with Gasteiger partial charge in [0, 0.05) is 12.0 Å². The van der Waals surface area contributed by atoms with Crippen molar-refractivity contribution in [2.75, 3.05) is 6.61 Å². The van der Waals surface area contributed by atoms with Crippen LogP contribution in [-0.4, -0.2) is 25.0 Å². The zero-order chi connectivity index (χ0) is 15.9. The first-order chi connectivity index (χ1) is 10.6. The molecule has 0 heterocycles. The van der Waals surface area contributed by atoms with E-state index in [1.807, 2.05) is 6.92 Å². The molecule has 120 valence electrons. The number of carbonyl (C=O) groups is 2. The average Bonchev–Trinajstić information content (AvgIpc) is 2.51. The number of esters is 1. The number of aldehydes is 1. The molecular weight excluding hydrogens is 304 g/mol. The fourth-order valence-electron chi connectivity index (χ4n) is 2.77. The van der Waals surface area contributed by atoms with Crippen LogP contribution in [0, 0.1) is 5.92 Å². The minimum absolute atomic E-state index is 0.109. The van der Waals surface area contributed by atoms with Gasteiger partial charge in [0.15, 0.2) is 0 Å². The molecule has 0 aliphatic heterocycles. The van der Waals surface area contributed by atoms with E-state index in [2.05, 4.69) is 0 Å². The van der Waals surface area contributed by atoms with Crippen LogP contribution in [0.25, 0.3) is 0 Å². The van der Waals surface area contributed by atoms with Crippen molar-refractivity contribution in [2.45, 2.75) is 45.1 Å². The van der Waals surface area contributed by atoms with Gasteiger partial charge in [0.1, 0.15) is 12.0 Å². The molecule has 4 nitrogen and oxygen atoms in total. The highest BCUT2D eigenvalue weighted by Gasteiger charge is 2.25. The molecule has 5 heteroatoms. The Bertz CT molecular complexity index is 521. The van der Waals surface area contributed by atoms with Gasteiger partial charge in [-0.3, -0.25) is 9.59 Å². The molecule has 0 spiro atoms. The van der Waals surface area contributed by atoms with Crippen molar-refractivity contribution in [3.63, 3.8) is 0 Å². The van der Waals surface area contributed by atoms with E-state index < -0.39 is 0 Å². The summed E-state index contributed by atoms with van der Waals surface area (Å²) in [6, 6.07) is 5.04. The maximum atomic E-state index is 11.5. The van der Waals surface area contributed by atoms with Crippen molar-refractivity contribution in [2.24, 2.45) is 5.92 Å². The largest absolute Gasteiger partial charge is 0.489 e. The van der Waals surface area contributed by atoms with Gasteiger partial charge in [0.05, 0.1) is 17.7 Å². The first-order valence-electron chi connectivity index (χ1n) is 7.69. The van der Waals surface area contributed by atoms with Gasteiger partial charge in [-0.25, -0.2) is 0 Å². The maximum Gasteiger partial charge on any atom is 0.306 e. The lowest BCUT2D eigenvalue weighted by atomic mass is 9.85. The van der Waals surface area contributed by atoms with Crippen molar-refractivity contribution in [1.29, 1.82) is 0 Å². The lowest BCUT2D eigenvalue weighted by Crippen LogP contribution is -2.25. The van der Waals surface area contributed by atoms with Crippen LogP contribution in [0.2, 0.25) is 5.02 Å². The van der Waals surface area contributed by atoms with Gasteiger partial charge >= 0.3 is 5.97 Å². The van der Waals surface area contributed by atoms with E-state index >= 15 is 0 Å². The summed E-state index contributed by atoms with van der Waals surface area (Å²) < 4.78 is 10.9. The van der Waals surface area contributed by atoms with E-state index in [0.29, 0.717) is 35.3 Å². The molecule has 22 heavy (non-hydrogen) atoms. The van der Waals surface area contributed by atoms with Gasteiger partial charge in [-0.15, -0.1) is 0 Å². The lowest BCUT2D eigenvalue weighted by Gasteiger charge is -2.28. The van der Waals surface area contributed by atoms with Gasteiger partial charge in [0.25, 0.3) is 0 Å². The van der Waals surface area contributed by atoms with Crippen LogP contribution < -0.4 is 4.74 Å². The molecule has 1 aromatic carbocycles. The highest BCUT2D eigenvalue weighted by Crippen LogP contribution is 2.32. The summed E-state index contributed by atoms with van der Waals surface area (Å²) in [6.45, 7) is 2.26. The van der Waals surface area contributed by atoms with E-state index in [9.17, 15) is 9.59 Å². The third kappa shape index (κ3) is 4.73. The fourth-order valence-corrected chi connectivity index (χ4v) is 3.01. The summed E-state index contributed by atoms with van der Waals surface area (Å²) in [4.78, 5) is 22.2. The van der Waals surface area contributed by atoms with Crippen molar-refractivity contribution in [3.8, 4) is 5.75 Å². The Labute approximate surface area is 135 Å². The Hall–Kier alpha value is -1.55. The Morgan fingerprint density at radius 2 is 2.05 bits per heavy atom. The summed E-state index contributed by atoms with van der Waals surface area (Å²) >= 11 is 6.11. The second kappa shape index (κ2) is 8.18. The summed E-state index contributed by atoms with van der Waals surface area (Å²) in [6.07, 6.45) is 5.07. The van der Waals surface area contributed by atoms with Gasteiger partial charge < -0.3 is 9.47 Å². The average molecular weight is 325 g/mol. The van der Waals surface area contributed by atoms with Crippen molar-refractivity contribution >= 4 is 23.9 Å². The Morgan fingerprint density at radius 3 is 2.64 bits per heavy atom. The summed E-state index contributed by atoms with van der Waals surface area (Å²) in [5.74, 6) is 0.882. The molecule has 0 saturated heterocycles. The topological polar surface area (TPSA) is 52.6 Å². The first-order valence-corrected chi connectivity index (χ1v) is 8.07. The molecule has 1 fully saturated rings. The second-order valence-electron chi connectivity index (χ2n) is 5.58. The van der Waals surface area contributed by atoms with Crippen LogP contribution in [0.1, 0.15) is 49.4 Å². The van der Waals surface area contributed by atoms with Crippen molar-refractivity contribution in [3.05, 3.63) is 28.8 Å². The number of hydrogen-bond donors (Lipinski definition) is 0. The normalized spacial score (nSPS) is 21.2. The molecule has 1 saturated carbocycles. The fraction of sp³-hybridized carbons (Fsp3) is 0.529. The lowest BCUT2D eigenvalue weighted by molar-refractivity contribution is -0.144. The molecule has 0 atom stereocenters. The monoisotopic (exact) mass is 324 g/mol. The van der Waals surface area contributed by atoms with Gasteiger partial charge in [-0.2, -0.15) is 0 Å². The molecule has 0 unspecified atom stereocenters. The number of carbonyl (C=O) groups excluding carboxylic acids is 2. The quantitative estimate of drug-likeness (QED) is 0.585. The molecule has 1 aliphatic carbocycles. The summed E-state index contributed by atoms with van der Waals surface area (Å²) in [5.41, 5.74) is 0.537. The van der Waals surface area contributed by atoms with Crippen LogP contribution in [0.4, 0.5) is 0 Å². The van der Waals surface area contributed by atoms with E-state index in [4.69, 9.17) is 21.1 Å². The Morgan fingerprint density at radius 1 is 1.32 bits per heavy atom. The molecule has 0 aromatic heterocycles. The van der Waals surface area contributed by atoms with Crippen LogP contribution >= 0.6 is 11.6 Å². The molecule has 0 radical (unpaired) electrons. The maximum absolute atomic E-state index is 11.5. The van der Waals surface area contributed by atoms with E-state index in [-0.39, 0.29) is 12.1 Å². The zero-order valence-corrected chi connectivity index (χ0v) is 13.5. The highest BCUT2D eigenvalue weighted by molar-refractivity contribution is 6.32. The number of rotatable bonds is 6. The molecule has 2 rings (SSSR count). The van der Waals surface area contributed by atoms with Crippen molar-refractivity contribution < 1.29 is 19.1 Å². The van der Waals surface area contributed by atoms with E-state index in [0.717, 1.165) is 32.0 Å². The SMILES string of the molecule is CCOC(=O)CC1CCC(Oc2ccc(C=O)cc2Cl)CC1. The summed E-state index contributed by atoms with van der Waals surface area (Å²) in [5, 5.41) is 0.457. The molecule has 1 aromatic rings. The Kier molecular flexibility index (Phi) is 6.25. The van der Waals surface area contributed by atoms with Crippen LogP contribution in [0.15, 0.2) is 18.2 Å². The smallest absolute Gasteiger partial charge is 0.306 e. The summed E-state index contributed by atoms with van der Waals surface area (Å²) in [7, 11) is 0. The third-order valence-corrected chi connectivity index (χ3v) is 4.24. The third-order valence-electron chi connectivity index (χ3n) is 3.94. The van der Waals surface area contributed by atoms with Crippen LogP contribution in [0.5, 0.6) is 5.75 Å². The molecule has 0 amide bonds. The van der Waals surface area contributed by atoms with E-state index in [1.165, 1.54) is 0 Å². The first kappa shape index (κ1) is 16.8. The number of halogens is 1. The Balaban J connectivity index is 1.82. The molecule has 0 N–H and O–H groups in total. The molecule has 0 bridgehead atoms. The van der Waals surface area contributed by atoms with E-state index in [1.54, 1.807) is 18.2 Å².